The van der Waals surface area contributed by atoms with E-state index < -0.39 is 5.91 Å². The Labute approximate surface area is 220 Å². The second-order valence-corrected chi connectivity index (χ2v) is 9.09. The Kier molecular flexibility index (Phi) is 6.40. The van der Waals surface area contributed by atoms with Crippen LogP contribution in [0.5, 0.6) is 5.75 Å². The van der Waals surface area contributed by atoms with Gasteiger partial charge in [0, 0.05) is 11.3 Å². The maximum absolute atomic E-state index is 12.7. The van der Waals surface area contributed by atoms with Crippen molar-refractivity contribution < 1.29 is 18.7 Å². The number of aromatic hydroxyl groups is 1. The molecule has 0 aliphatic carbocycles. The number of fused-ring (bicyclic) bond motifs is 1. The average molecular weight is 538 g/mol. The van der Waals surface area contributed by atoms with Gasteiger partial charge in [-0.15, -0.1) is 0 Å². The lowest BCUT2D eigenvalue weighted by Gasteiger charge is -2.10. The SMILES string of the molecule is Cc1ccc2nc(-c3cc(NC(=S)NC(=O)c4ccc(-c5cccc(Cl)c5Cl)o4)ccc3O)oc2c1. The van der Waals surface area contributed by atoms with E-state index in [1.807, 2.05) is 25.1 Å². The van der Waals surface area contributed by atoms with Crippen LogP contribution in [0.1, 0.15) is 16.1 Å². The summed E-state index contributed by atoms with van der Waals surface area (Å²) in [7, 11) is 0. The molecule has 0 bridgehead atoms. The number of carbonyl (C=O) groups excluding carboxylic acids is 1. The Bertz CT molecular complexity index is 1640. The van der Waals surface area contributed by atoms with Gasteiger partial charge in [-0.3, -0.25) is 10.1 Å². The number of benzene rings is 3. The van der Waals surface area contributed by atoms with Crippen LogP contribution in [-0.4, -0.2) is 21.1 Å². The number of hydrogen-bond acceptors (Lipinski definition) is 6. The van der Waals surface area contributed by atoms with Crippen molar-refractivity contribution in [3.05, 3.63) is 88.1 Å². The lowest BCUT2D eigenvalue weighted by molar-refractivity contribution is 0.0951. The highest BCUT2D eigenvalue weighted by Gasteiger charge is 2.17. The van der Waals surface area contributed by atoms with E-state index in [-0.39, 0.29) is 22.5 Å². The monoisotopic (exact) mass is 537 g/mol. The first-order valence-corrected chi connectivity index (χ1v) is 11.8. The van der Waals surface area contributed by atoms with Crippen molar-refractivity contribution in [3.63, 3.8) is 0 Å². The summed E-state index contributed by atoms with van der Waals surface area (Å²) in [5, 5.41) is 16.6. The summed E-state index contributed by atoms with van der Waals surface area (Å²) in [6.45, 7) is 1.95. The molecule has 3 aromatic carbocycles. The molecule has 0 saturated heterocycles. The molecule has 1 amide bonds. The predicted molar refractivity (Wildman–Crippen MR) is 144 cm³/mol. The van der Waals surface area contributed by atoms with Gasteiger partial charge in [-0.1, -0.05) is 35.3 Å². The maximum atomic E-state index is 12.7. The van der Waals surface area contributed by atoms with E-state index >= 15 is 0 Å². The number of nitrogens with one attached hydrogen (secondary N) is 2. The molecule has 0 fully saturated rings. The fourth-order valence-corrected chi connectivity index (χ4v) is 4.16. The number of nitrogens with zero attached hydrogens (tertiary/aromatic N) is 1. The van der Waals surface area contributed by atoms with Crippen molar-refractivity contribution in [3.8, 4) is 28.5 Å². The van der Waals surface area contributed by atoms with Crippen LogP contribution in [0, 0.1) is 6.92 Å². The molecule has 3 N–H and O–H groups in total. The van der Waals surface area contributed by atoms with E-state index in [4.69, 9.17) is 44.3 Å². The molecule has 0 aliphatic heterocycles. The fraction of sp³-hybridized carbons (Fsp3) is 0.0385. The Balaban J connectivity index is 1.30. The van der Waals surface area contributed by atoms with Crippen molar-refractivity contribution in [2.45, 2.75) is 6.92 Å². The molecular formula is C26H17Cl2N3O4S. The summed E-state index contributed by atoms with van der Waals surface area (Å²) in [4.78, 5) is 17.1. The number of carbonyl (C=O) groups is 1. The van der Waals surface area contributed by atoms with E-state index in [2.05, 4.69) is 15.6 Å². The first kappa shape index (κ1) is 23.9. The molecule has 0 spiro atoms. The molecule has 2 aromatic heterocycles. The third-order valence-corrected chi connectivity index (χ3v) is 6.33. The van der Waals surface area contributed by atoms with Crippen LogP contribution in [0.3, 0.4) is 0 Å². The number of phenolic OH excluding ortho intramolecular Hbond substituents is 1. The van der Waals surface area contributed by atoms with Gasteiger partial charge in [-0.2, -0.15) is 0 Å². The van der Waals surface area contributed by atoms with Gasteiger partial charge in [0.05, 0.1) is 15.6 Å². The number of furan rings is 1. The molecule has 2 heterocycles. The molecule has 5 rings (SSSR count). The van der Waals surface area contributed by atoms with Crippen LogP contribution in [0.15, 0.2) is 75.6 Å². The Hall–Kier alpha value is -3.85. The van der Waals surface area contributed by atoms with Gasteiger partial charge in [0.2, 0.25) is 5.89 Å². The van der Waals surface area contributed by atoms with Crippen LogP contribution >= 0.6 is 35.4 Å². The normalized spacial score (nSPS) is 11.0. The largest absolute Gasteiger partial charge is 0.507 e. The van der Waals surface area contributed by atoms with Crippen molar-refractivity contribution in [2.24, 2.45) is 0 Å². The van der Waals surface area contributed by atoms with Crippen LogP contribution in [0.4, 0.5) is 5.69 Å². The number of rotatable bonds is 4. The van der Waals surface area contributed by atoms with Crippen LogP contribution < -0.4 is 10.6 Å². The Morgan fingerprint density at radius 2 is 1.83 bits per heavy atom. The van der Waals surface area contributed by atoms with E-state index in [0.717, 1.165) is 5.56 Å². The number of halogens is 2. The van der Waals surface area contributed by atoms with E-state index in [9.17, 15) is 9.90 Å². The number of amides is 1. The minimum Gasteiger partial charge on any atom is -0.507 e. The van der Waals surface area contributed by atoms with Gasteiger partial charge in [0.15, 0.2) is 16.5 Å². The summed E-state index contributed by atoms with van der Waals surface area (Å²) >= 11 is 17.6. The van der Waals surface area contributed by atoms with Crippen molar-refractivity contribution in [2.75, 3.05) is 5.32 Å². The number of aromatic nitrogens is 1. The molecule has 180 valence electrons. The van der Waals surface area contributed by atoms with Gasteiger partial charge in [-0.25, -0.2) is 4.98 Å². The van der Waals surface area contributed by atoms with E-state index in [1.54, 1.807) is 36.4 Å². The highest BCUT2D eigenvalue weighted by molar-refractivity contribution is 7.80. The van der Waals surface area contributed by atoms with Crippen molar-refractivity contribution in [1.29, 1.82) is 0 Å². The molecule has 5 aromatic rings. The summed E-state index contributed by atoms with van der Waals surface area (Å²) < 4.78 is 11.5. The summed E-state index contributed by atoms with van der Waals surface area (Å²) in [5.41, 5.74) is 3.77. The molecule has 0 unspecified atom stereocenters. The van der Waals surface area contributed by atoms with Gasteiger partial charge in [0.1, 0.15) is 17.0 Å². The minimum atomic E-state index is -0.551. The zero-order valence-electron chi connectivity index (χ0n) is 18.6. The highest BCUT2D eigenvalue weighted by Crippen LogP contribution is 2.35. The van der Waals surface area contributed by atoms with Gasteiger partial charge < -0.3 is 19.3 Å². The Morgan fingerprint density at radius 3 is 2.67 bits per heavy atom. The van der Waals surface area contributed by atoms with Crippen LogP contribution in [-0.2, 0) is 0 Å². The van der Waals surface area contributed by atoms with E-state index in [0.29, 0.717) is 43.7 Å². The number of anilines is 1. The van der Waals surface area contributed by atoms with Crippen molar-refractivity contribution >= 4 is 63.2 Å². The standard InChI is InChI=1S/C26H17Cl2N3O4S/c1-13-5-7-18-22(11-13)35-25(30-18)16-12-14(6-8-19(16)32)29-26(36)31-24(33)21-10-9-20(34-21)15-3-2-4-17(27)23(15)28/h2-12,32H,1H3,(H2,29,31,33,36). The third-order valence-electron chi connectivity index (χ3n) is 5.30. The van der Waals surface area contributed by atoms with E-state index in [1.165, 1.54) is 12.1 Å². The van der Waals surface area contributed by atoms with Gasteiger partial charge in [-0.05, 0) is 79.3 Å². The third kappa shape index (κ3) is 4.79. The maximum Gasteiger partial charge on any atom is 0.293 e. The lowest BCUT2D eigenvalue weighted by atomic mass is 10.1. The molecule has 10 heteroatoms. The van der Waals surface area contributed by atoms with Crippen molar-refractivity contribution in [1.82, 2.24) is 10.3 Å². The zero-order chi connectivity index (χ0) is 25.4. The fourth-order valence-electron chi connectivity index (χ4n) is 3.56. The molecule has 0 aliphatic rings. The minimum absolute atomic E-state index is 0.0124. The summed E-state index contributed by atoms with van der Waals surface area (Å²) in [6.07, 6.45) is 0. The molecule has 7 nitrogen and oxygen atoms in total. The number of thiocarbonyl (C=S) groups is 1. The predicted octanol–water partition coefficient (Wildman–Crippen LogP) is 7.20. The Morgan fingerprint density at radius 1 is 1.00 bits per heavy atom. The number of aryl methyl sites for hydroxylation is 1. The van der Waals surface area contributed by atoms with Gasteiger partial charge >= 0.3 is 0 Å². The number of oxazole rings is 1. The van der Waals surface area contributed by atoms with Crippen LogP contribution in [0.25, 0.3) is 33.9 Å². The quantitative estimate of drug-likeness (QED) is 0.164. The second kappa shape index (κ2) is 9.66. The smallest absolute Gasteiger partial charge is 0.293 e. The number of phenols is 1. The average Bonchev–Trinajstić information content (AvgIpc) is 3.49. The molecule has 0 saturated carbocycles. The topological polar surface area (TPSA) is 101 Å². The zero-order valence-corrected chi connectivity index (χ0v) is 21.0. The lowest BCUT2D eigenvalue weighted by Crippen LogP contribution is -2.33. The summed E-state index contributed by atoms with van der Waals surface area (Å²) in [5.74, 6) is 0.128. The molecular weight excluding hydrogens is 521 g/mol. The molecule has 0 atom stereocenters. The first-order valence-electron chi connectivity index (χ1n) is 10.7. The van der Waals surface area contributed by atoms with Gasteiger partial charge in [0.25, 0.3) is 5.91 Å². The second-order valence-electron chi connectivity index (χ2n) is 7.90. The highest BCUT2D eigenvalue weighted by atomic mass is 35.5. The van der Waals surface area contributed by atoms with Crippen LogP contribution in [0.2, 0.25) is 10.0 Å². The number of hydrogen-bond donors (Lipinski definition) is 3. The molecule has 36 heavy (non-hydrogen) atoms. The first-order chi connectivity index (χ1) is 17.3. The summed E-state index contributed by atoms with van der Waals surface area (Å²) in [6, 6.07) is 18.6. The molecule has 0 radical (unpaired) electrons.